The van der Waals surface area contributed by atoms with E-state index in [2.05, 4.69) is 20.8 Å². The molecule has 2 nitrogen and oxygen atoms in total. The van der Waals surface area contributed by atoms with Crippen molar-refractivity contribution in [3.8, 4) is 0 Å². The van der Waals surface area contributed by atoms with Gasteiger partial charge in [0.05, 0.1) is 6.04 Å². The standard InChI is InChI=1S/C14H17BrClNO/c1-10(18)14-4-2-3-7-17(14)9-11-5-6-12(15)8-13(11)16/h5-6,8,14H,2-4,7,9H2,1H3. The lowest BCUT2D eigenvalue weighted by atomic mass is 9.98. The number of Topliss-reactive ketones (excluding diaryl/α,β-unsaturated/α-hetero) is 1. The van der Waals surface area contributed by atoms with Crippen molar-refractivity contribution in [2.75, 3.05) is 6.54 Å². The Morgan fingerprint density at radius 1 is 1.50 bits per heavy atom. The molecule has 1 aliphatic heterocycles. The summed E-state index contributed by atoms with van der Waals surface area (Å²) in [5.41, 5.74) is 1.09. The van der Waals surface area contributed by atoms with E-state index < -0.39 is 0 Å². The van der Waals surface area contributed by atoms with Gasteiger partial charge in [-0.05, 0) is 44.0 Å². The van der Waals surface area contributed by atoms with Crippen molar-refractivity contribution in [2.45, 2.75) is 38.8 Å². The van der Waals surface area contributed by atoms with Crippen LogP contribution in [0.5, 0.6) is 0 Å². The van der Waals surface area contributed by atoms with Gasteiger partial charge in [0, 0.05) is 16.0 Å². The molecular weight excluding hydrogens is 314 g/mol. The molecule has 1 aromatic rings. The topological polar surface area (TPSA) is 20.3 Å². The van der Waals surface area contributed by atoms with Gasteiger partial charge in [0.25, 0.3) is 0 Å². The fraction of sp³-hybridized carbons (Fsp3) is 0.500. The van der Waals surface area contributed by atoms with E-state index in [9.17, 15) is 4.79 Å². The lowest BCUT2D eigenvalue weighted by Gasteiger charge is -2.34. The second kappa shape index (κ2) is 6.18. The summed E-state index contributed by atoms with van der Waals surface area (Å²) in [6.45, 7) is 3.43. The van der Waals surface area contributed by atoms with Crippen molar-refractivity contribution in [1.29, 1.82) is 0 Å². The van der Waals surface area contributed by atoms with E-state index in [4.69, 9.17) is 11.6 Å². The lowest BCUT2D eigenvalue weighted by Crippen LogP contribution is -2.43. The quantitative estimate of drug-likeness (QED) is 0.833. The summed E-state index contributed by atoms with van der Waals surface area (Å²) in [4.78, 5) is 13.9. The van der Waals surface area contributed by atoms with Gasteiger partial charge in [0.15, 0.2) is 0 Å². The van der Waals surface area contributed by atoms with E-state index >= 15 is 0 Å². The molecule has 1 saturated heterocycles. The number of rotatable bonds is 3. The van der Waals surface area contributed by atoms with Crippen molar-refractivity contribution in [2.24, 2.45) is 0 Å². The molecule has 1 unspecified atom stereocenters. The van der Waals surface area contributed by atoms with Crippen LogP contribution in [0.15, 0.2) is 22.7 Å². The minimum atomic E-state index is 0.0680. The van der Waals surface area contributed by atoms with E-state index in [-0.39, 0.29) is 11.8 Å². The molecule has 1 aromatic carbocycles. The third-order valence-electron chi connectivity index (χ3n) is 3.47. The second-order valence-electron chi connectivity index (χ2n) is 4.83. The molecule has 1 aliphatic rings. The van der Waals surface area contributed by atoms with Crippen LogP contribution >= 0.6 is 27.5 Å². The van der Waals surface area contributed by atoms with Crippen LogP contribution in [0.1, 0.15) is 31.7 Å². The minimum Gasteiger partial charge on any atom is -0.298 e. The van der Waals surface area contributed by atoms with Gasteiger partial charge in [-0.15, -0.1) is 0 Å². The number of carbonyl (C=O) groups is 1. The SMILES string of the molecule is CC(=O)C1CCCCN1Cc1ccc(Br)cc1Cl. The van der Waals surface area contributed by atoms with Crippen LogP contribution in [0.3, 0.4) is 0 Å². The Kier molecular flexibility index (Phi) is 4.82. The molecule has 0 bridgehead atoms. The first-order valence-corrected chi connectivity index (χ1v) is 7.43. The van der Waals surface area contributed by atoms with Gasteiger partial charge in [0.1, 0.15) is 5.78 Å². The molecule has 0 saturated carbocycles. The van der Waals surface area contributed by atoms with E-state index in [1.807, 2.05) is 18.2 Å². The molecular formula is C14H17BrClNO. The fourth-order valence-corrected chi connectivity index (χ4v) is 3.24. The van der Waals surface area contributed by atoms with E-state index in [1.54, 1.807) is 6.92 Å². The average molecular weight is 331 g/mol. The zero-order valence-electron chi connectivity index (χ0n) is 10.5. The van der Waals surface area contributed by atoms with Crippen LogP contribution in [0.2, 0.25) is 5.02 Å². The second-order valence-corrected chi connectivity index (χ2v) is 6.15. The molecule has 0 N–H and O–H groups in total. The van der Waals surface area contributed by atoms with Crippen LogP contribution < -0.4 is 0 Å². The molecule has 0 aliphatic carbocycles. The maximum absolute atomic E-state index is 11.7. The molecule has 1 atom stereocenters. The minimum absolute atomic E-state index is 0.0680. The monoisotopic (exact) mass is 329 g/mol. The van der Waals surface area contributed by atoms with Crippen LogP contribution in [-0.2, 0) is 11.3 Å². The first kappa shape index (κ1) is 14.0. The van der Waals surface area contributed by atoms with Gasteiger partial charge < -0.3 is 0 Å². The Bertz CT molecular complexity index is 449. The van der Waals surface area contributed by atoms with Crippen molar-refractivity contribution in [1.82, 2.24) is 4.90 Å². The summed E-state index contributed by atoms with van der Waals surface area (Å²) in [5.74, 6) is 0.267. The summed E-state index contributed by atoms with van der Waals surface area (Å²) >= 11 is 9.64. The van der Waals surface area contributed by atoms with Gasteiger partial charge >= 0.3 is 0 Å². The van der Waals surface area contributed by atoms with Gasteiger partial charge in [-0.25, -0.2) is 0 Å². The molecule has 98 valence electrons. The number of benzene rings is 1. The Morgan fingerprint density at radius 3 is 2.94 bits per heavy atom. The summed E-state index contributed by atoms with van der Waals surface area (Å²) < 4.78 is 0.984. The Morgan fingerprint density at radius 2 is 2.28 bits per heavy atom. The predicted octanol–water partition coefficient (Wildman–Crippen LogP) is 4.05. The predicted molar refractivity (Wildman–Crippen MR) is 77.9 cm³/mol. The van der Waals surface area contributed by atoms with Gasteiger partial charge in [0.2, 0.25) is 0 Å². The zero-order valence-corrected chi connectivity index (χ0v) is 12.8. The highest BCUT2D eigenvalue weighted by Gasteiger charge is 2.26. The van der Waals surface area contributed by atoms with Gasteiger partial charge in [-0.1, -0.05) is 40.0 Å². The third kappa shape index (κ3) is 3.34. The number of likely N-dealkylation sites (tertiary alicyclic amines) is 1. The largest absolute Gasteiger partial charge is 0.298 e. The first-order chi connectivity index (χ1) is 8.58. The van der Waals surface area contributed by atoms with Crippen LogP contribution in [0, 0.1) is 0 Å². The molecule has 0 aromatic heterocycles. The Balaban J connectivity index is 2.13. The van der Waals surface area contributed by atoms with Crippen molar-refractivity contribution < 1.29 is 4.79 Å². The normalized spacial score (nSPS) is 20.9. The summed E-state index contributed by atoms with van der Waals surface area (Å²) in [6, 6.07) is 5.99. The van der Waals surface area contributed by atoms with Crippen LogP contribution in [0.4, 0.5) is 0 Å². The molecule has 2 rings (SSSR count). The van der Waals surface area contributed by atoms with Crippen LogP contribution in [-0.4, -0.2) is 23.3 Å². The number of hydrogen-bond donors (Lipinski definition) is 0. The number of hydrogen-bond acceptors (Lipinski definition) is 2. The summed E-state index contributed by atoms with van der Waals surface area (Å²) in [7, 11) is 0. The average Bonchev–Trinajstić information content (AvgIpc) is 2.33. The number of ketones is 1. The third-order valence-corrected chi connectivity index (χ3v) is 4.32. The highest BCUT2D eigenvalue weighted by Crippen LogP contribution is 2.26. The first-order valence-electron chi connectivity index (χ1n) is 6.26. The van der Waals surface area contributed by atoms with E-state index in [0.717, 1.165) is 47.4 Å². The maximum atomic E-state index is 11.7. The highest BCUT2D eigenvalue weighted by molar-refractivity contribution is 9.10. The van der Waals surface area contributed by atoms with Gasteiger partial charge in [-0.2, -0.15) is 0 Å². The van der Waals surface area contributed by atoms with Crippen molar-refractivity contribution >= 4 is 33.3 Å². The molecule has 18 heavy (non-hydrogen) atoms. The van der Waals surface area contributed by atoms with Gasteiger partial charge in [-0.3, -0.25) is 9.69 Å². The molecule has 1 heterocycles. The molecule has 1 fully saturated rings. The van der Waals surface area contributed by atoms with Crippen LogP contribution in [0.25, 0.3) is 0 Å². The van der Waals surface area contributed by atoms with E-state index in [0.29, 0.717) is 0 Å². The molecule has 0 radical (unpaired) electrons. The number of nitrogens with zero attached hydrogens (tertiary/aromatic N) is 1. The zero-order chi connectivity index (χ0) is 13.1. The van der Waals surface area contributed by atoms with Crippen molar-refractivity contribution in [3.63, 3.8) is 0 Å². The number of halogens is 2. The number of carbonyl (C=O) groups excluding carboxylic acids is 1. The smallest absolute Gasteiger partial charge is 0.146 e. The molecule has 0 amide bonds. The molecule has 4 heteroatoms. The lowest BCUT2D eigenvalue weighted by molar-refractivity contribution is -0.123. The summed E-state index contributed by atoms with van der Waals surface area (Å²) in [5, 5.41) is 0.761. The highest BCUT2D eigenvalue weighted by atomic mass is 79.9. The maximum Gasteiger partial charge on any atom is 0.146 e. The van der Waals surface area contributed by atoms with E-state index in [1.165, 1.54) is 0 Å². The fourth-order valence-electron chi connectivity index (χ4n) is 2.51. The molecule has 0 spiro atoms. The Hall–Kier alpha value is -0.380. The Labute approximate surface area is 121 Å². The summed E-state index contributed by atoms with van der Waals surface area (Å²) in [6.07, 6.45) is 3.29. The van der Waals surface area contributed by atoms with Crippen molar-refractivity contribution in [3.05, 3.63) is 33.3 Å². The number of piperidine rings is 1.